The van der Waals surface area contributed by atoms with Crippen molar-refractivity contribution in [3.8, 4) is 0 Å². The monoisotopic (exact) mass is 415 g/mol. The SMILES string of the molecule is O=C(NCc1nccnc1Cl)N1CCC[C@@H](Nc2ncc(C(F)(F)F)cn2)C1. The fourth-order valence-corrected chi connectivity index (χ4v) is 2.92. The van der Waals surface area contributed by atoms with Crippen molar-refractivity contribution in [3.05, 3.63) is 41.2 Å². The van der Waals surface area contributed by atoms with Gasteiger partial charge in [-0.15, -0.1) is 0 Å². The van der Waals surface area contributed by atoms with Gasteiger partial charge in [0.05, 0.1) is 17.8 Å². The molecule has 2 aromatic heterocycles. The molecule has 0 aromatic carbocycles. The second kappa shape index (κ2) is 8.55. The molecule has 1 aliphatic rings. The normalized spacial score (nSPS) is 17.3. The minimum Gasteiger partial charge on any atom is -0.350 e. The highest BCUT2D eigenvalue weighted by molar-refractivity contribution is 6.29. The van der Waals surface area contributed by atoms with Crippen LogP contribution in [0.3, 0.4) is 0 Å². The summed E-state index contributed by atoms with van der Waals surface area (Å²) in [6.07, 6.45) is 1.39. The van der Waals surface area contributed by atoms with Crippen LogP contribution in [-0.2, 0) is 12.7 Å². The van der Waals surface area contributed by atoms with Gasteiger partial charge < -0.3 is 15.5 Å². The van der Waals surface area contributed by atoms with Gasteiger partial charge in [-0.05, 0) is 12.8 Å². The van der Waals surface area contributed by atoms with Crippen molar-refractivity contribution < 1.29 is 18.0 Å². The summed E-state index contributed by atoms with van der Waals surface area (Å²) in [5.74, 6) is 0.0894. The predicted molar refractivity (Wildman–Crippen MR) is 94.5 cm³/mol. The molecule has 1 fully saturated rings. The molecule has 2 N–H and O–H groups in total. The van der Waals surface area contributed by atoms with Gasteiger partial charge in [-0.3, -0.25) is 4.98 Å². The fraction of sp³-hybridized carbons (Fsp3) is 0.438. The number of amides is 2. The maximum atomic E-state index is 12.6. The van der Waals surface area contributed by atoms with Crippen molar-refractivity contribution in [1.29, 1.82) is 0 Å². The lowest BCUT2D eigenvalue weighted by Gasteiger charge is -2.33. The first-order chi connectivity index (χ1) is 13.3. The van der Waals surface area contributed by atoms with Crippen molar-refractivity contribution in [1.82, 2.24) is 30.2 Å². The first kappa shape index (κ1) is 20.1. The molecule has 1 atom stereocenters. The van der Waals surface area contributed by atoms with Crippen LogP contribution in [0.5, 0.6) is 0 Å². The molecular weight excluding hydrogens is 399 g/mol. The highest BCUT2D eigenvalue weighted by Crippen LogP contribution is 2.28. The summed E-state index contributed by atoms with van der Waals surface area (Å²) in [5, 5.41) is 5.93. The number of nitrogens with one attached hydrogen (secondary N) is 2. The molecule has 3 rings (SSSR count). The zero-order valence-electron chi connectivity index (χ0n) is 14.6. The van der Waals surface area contributed by atoms with E-state index in [2.05, 4.69) is 30.6 Å². The number of rotatable bonds is 4. The third-order valence-electron chi connectivity index (χ3n) is 4.15. The summed E-state index contributed by atoms with van der Waals surface area (Å²) < 4.78 is 37.7. The number of hydrogen-bond donors (Lipinski definition) is 2. The van der Waals surface area contributed by atoms with Crippen LogP contribution in [0.15, 0.2) is 24.8 Å². The van der Waals surface area contributed by atoms with E-state index < -0.39 is 11.7 Å². The van der Waals surface area contributed by atoms with Gasteiger partial charge in [0.2, 0.25) is 5.95 Å². The van der Waals surface area contributed by atoms with Gasteiger partial charge in [-0.25, -0.2) is 19.7 Å². The molecule has 0 spiro atoms. The third-order valence-corrected chi connectivity index (χ3v) is 4.47. The Morgan fingerprint density at radius 1 is 1.21 bits per heavy atom. The summed E-state index contributed by atoms with van der Waals surface area (Å²) in [4.78, 5) is 29.3. The van der Waals surface area contributed by atoms with Crippen LogP contribution in [0, 0.1) is 0 Å². The largest absolute Gasteiger partial charge is 0.419 e. The number of aromatic nitrogens is 4. The highest BCUT2D eigenvalue weighted by Gasteiger charge is 2.31. The van der Waals surface area contributed by atoms with Crippen LogP contribution < -0.4 is 10.6 Å². The number of likely N-dealkylation sites (tertiary alicyclic amines) is 1. The van der Waals surface area contributed by atoms with Gasteiger partial charge in [0.15, 0.2) is 5.15 Å². The van der Waals surface area contributed by atoms with Crippen LogP contribution in [0.2, 0.25) is 5.15 Å². The average molecular weight is 416 g/mol. The van der Waals surface area contributed by atoms with Gasteiger partial charge >= 0.3 is 12.2 Å². The molecular formula is C16H17ClF3N7O. The first-order valence-corrected chi connectivity index (χ1v) is 8.84. The van der Waals surface area contributed by atoms with Crippen LogP contribution >= 0.6 is 11.6 Å². The number of urea groups is 1. The standard InChI is InChI=1S/C16H17ClF3N7O/c17-13-12(21-3-4-22-13)8-25-15(28)27-5-1-2-11(9-27)26-14-23-6-10(7-24-14)16(18,19)20/h3-4,6-7,11H,1-2,5,8-9H2,(H,25,28)(H,23,24,26)/t11-/m1/s1. The average Bonchev–Trinajstić information content (AvgIpc) is 2.67. The van der Waals surface area contributed by atoms with E-state index >= 15 is 0 Å². The maximum absolute atomic E-state index is 12.6. The summed E-state index contributed by atoms with van der Waals surface area (Å²) in [5.41, 5.74) is -0.451. The van der Waals surface area contributed by atoms with Gasteiger partial charge in [0, 0.05) is 43.9 Å². The number of anilines is 1. The van der Waals surface area contributed by atoms with E-state index in [9.17, 15) is 18.0 Å². The van der Waals surface area contributed by atoms with Crippen LogP contribution in [0.25, 0.3) is 0 Å². The highest BCUT2D eigenvalue weighted by atomic mass is 35.5. The van der Waals surface area contributed by atoms with Crippen molar-refractivity contribution >= 4 is 23.6 Å². The number of hydrogen-bond acceptors (Lipinski definition) is 6. The lowest BCUT2D eigenvalue weighted by molar-refractivity contribution is -0.138. The van der Waals surface area contributed by atoms with Crippen molar-refractivity contribution in [2.45, 2.75) is 31.6 Å². The molecule has 150 valence electrons. The Balaban J connectivity index is 1.53. The number of piperidine rings is 1. The summed E-state index contributed by atoms with van der Waals surface area (Å²) >= 11 is 5.91. The van der Waals surface area contributed by atoms with Crippen molar-refractivity contribution in [3.63, 3.8) is 0 Å². The van der Waals surface area contributed by atoms with Gasteiger partial charge in [0.25, 0.3) is 0 Å². The predicted octanol–water partition coefficient (Wildman–Crippen LogP) is 2.72. The minimum atomic E-state index is -4.48. The fourth-order valence-electron chi connectivity index (χ4n) is 2.75. The van der Waals surface area contributed by atoms with Crippen LogP contribution in [0.1, 0.15) is 24.1 Å². The summed E-state index contributed by atoms with van der Waals surface area (Å²) in [6, 6.07) is -0.460. The third kappa shape index (κ3) is 5.18. The van der Waals surface area contributed by atoms with Crippen LogP contribution in [0.4, 0.5) is 23.9 Å². The number of nitrogens with zero attached hydrogens (tertiary/aromatic N) is 5. The smallest absolute Gasteiger partial charge is 0.350 e. The molecule has 2 aromatic rings. The number of alkyl halides is 3. The molecule has 12 heteroatoms. The van der Waals surface area contributed by atoms with Gasteiger partial charge in [0.1, 0.15) is 0 Å². The maximum Gasteiger partial charge on any atom is 0.419 e. The molecule has 2 amide bonds. The summed E-state index contributed by atoms with van der Waals surface area (Å²) in [6.45, 7) is 1.07. The summed E-state index contributed by atoms with van der Waals surface area (Å²) in [7, 11) is 0. The van der Waals surface area contributed by atoms with Crippen molar-refractivity contribution in [2.24, 2.45) is 0 Å². The zero-order valence-corrected chi connectivity index (χ0v) is 15.3. The zero-order chi connectivity index (χ0) is 20.1. The lowest BCUT2D eigenvalue weighted by Crippen LogP contribution is -2.49. The molecule has 1 aliphatic heterocycles. The topological polar surface area (TPSA) is 95.9 Å². The number of halogens is 4. The molecule has 0 bridgehead atoms. The van der Waals surface area contributed by atoms with E-state index in [1.54, 1.807) is 4.90 Å². The molecule has 0 radical (unpaired) electrons. The lowest BCUT2D eigenvalue weighted by atomic mass is 10.1. The Morgan fingerprint density at radius 2 is 1.93 bits per heavy atom. The molecule has 1 saturated heterocycles. The van der Waals surface area contributed by atoms with Gasteiger partial charge in [-0.2, -0.15) is 13.2 Å². The Labute approximate surface area is 163 Å². The Hall–Kier alpha value is -2.69. The number of carbonyl (C=O) groups excluding carboxylic acids is 1. The van der Waals surface area contributed by atoms with E-state index in [4.69, 9.17) is 11.6 Å². The molecule has 0 saturated carbocycles. The minimum absolute atomic E-state index is 0.0894. The second-order valence-corrected chi connectivity index (χ2v) is 6.53. The Morgan fingerprint density at radius 3 is 2.61 bits per heavy atom. The van der Waals surface area contributed by atoms with Gasteiger partial charge in [-0.1, -0.05) is 11.6 Å². The van der Waals surface area contributed by atoms with E-state index in [1.165, 1.54) is 12.4 Å². The van der Waals surface area contributed by atoms with Crippen molar-refractivity contribution in [2.75, 3.05) is 18.4 Å². The Kier molecular flexibility index (Phi) is 6.12. The van der Waals surface area contributed by atoms with E-state index in [-0.39, 0.29) is 29.7 Å². The van der Waals surface area contributed by atoms with Crippen LogP contribution in [-0.4, -0.2) is 50.0 Å². The molecule has 8 nitrogen and oxygen atoms in total. The van der Waals surface area contributed by atoms with E-state index in [1.807, 2.05) is 0 Å². The number of carbonyl (C=O) groups is 1. The Bertz CT molecular complexity index is 819. The second-order valence-electron chi connectivity index (χ2n) is 6.18. The van der Waals surface area contributed by atoms with E-state index in [0.29, 0.717) is 18.8 Å². The molecule has 0 unspecified atom stereocenters. The molecule has 0 aliphatic carbocycles. The molecule has 28 heavy (non-hydrogen) atoms. The van der Waals surface area contributed by atoms with E-state index in [0.717, 1.165) is 25.2 Å². The quantitative estimate of drug-likeness (QED) is 0.797. The first-order valence-electron chi connectivity index (χ1n) is 8.47. The molecule has 3 heterocycles.